The minimum absolute atomic E-state index is 0.0447. The molecule has 114 valence electrons. The van der Waals surface area contributed by atoms with Gasteiger partial charge in [0, 0.05) is 13.0 Å². The van der Waals surface area contributed by atoms with Crippen LogP contribution in [-0.4, -0.2) is 31.4 Å². The van der Waals surface area contributed by atoms with Gasteiger partial charge in [-0.3, -0.25) is 9.59 Å². The van der Waals surface area contributed by atoms with Gasteiger partial charge >= 0.3 is 0 Å². The predicted octanol–water partition coefficient (Wildman–Crippen LogP) is 0.809. The molecule has 1 heterocycles. The Balaban J connectivity index is 1.56. The molecule has 0 bridgehead atoms. The van der Waals surface area contributed by atoms with Crippen LogP contribution in [0.4, 0.5) is 0 Å². The van der Waals surface area contributed by atoms with Gasteiger partial charge in [0.05, 0.1) is 6.54 Å². The van der Waals surface area contributed by atoms with E-state index < -0.39 is 0 Å². The topological polar surface area (TPSA) is 70.2 Å². The summed E-state index contributed by atoms with van der Waals surface area (Å²) < 4.78 is 0. The van der Waals surface area contributed by atoms with Gasteiger partial charge in [-0.1, -0.05) is 30.3 Å². The smallest absolute Gasteiger partial charge is 0.239 e. The van der Waals surface area contributed by atoms with E-state index in [1.807, 2.05) is 30.3 Å². The summed E-state index contributed by atoms with van der Waals surface area (Å²) in [6, 6.07) is 9.71. The van der Waals surface area contributed by atoms with E-state index in [0.29, 0.717) is 18.9 Å². The van der Waals surface area contributed by atoms with Crippen LogP contribution in [0.1, 0.15) is 24.8 Å². The zero-order chi connectivity index (χ0) is 14.9. The fourth-order valence-corrected chi connectivity index (χ4v) is 2.42. The standard InChI is InChI=1S/C16H23N3O2/c20-15(7-6-14-8-9-17-10-14)19-12-16(21)18-11-13-4-2-1-3-5-13/h1-5,14,17H,6-12H2,(H,18,21)(H,19,20). The van der Waals surface area contributed by atoms with Crippen molar-refractivity contribution < 1.29 is 9.59 Å². The number of benzene rings is 1. The van der Waals surface area contributed by atoms with Crippen LogP contribution < -0.4 is 16.0 Å². The van der Waals surface area contributed by atoms with E-state index in [0.717, 1.165) is 31.5 Å². The van der Waals surface area contributed by atoms with E-state index in [4.69, 9.17) is 0 Å². The van der Waals surface area contributed by atoms with Crippen LogP contribution in [0, 0.1) is 5.92 Å². The molecule has 1 aliphatic rings. The molecule has 1 aliphatic heterocycles. The maximum absolute atomic E-state index is 11.7. The predicted molar refractivity (Wildman–Crippen MR) is 81.5 cm³/mol. The fourth-order valence-electron chi connectivity index (χ4n) is 2.42. The Morgan fingerprint density at radius 1 is 1.14 bits per heavy atom. The lowest BCUT2D eigenvalue weighted by molar-refractivity contribution is -0.126. The second kappa shape index (κ2) is 8.42. The highest BCUT2D eigenvalue weighted by Crippen LogP contribution is 2.13. The summed E-state index contributed by atoms with van der Waals surface area (Å²) in [6.07, 6.45) is 2.54. The molecular weight excluding hydrogens is 266 g/mol. The largest absolute Gasteiger partial charge is 0.350 e. The molecule has 5 heteroatoms. The molecule has 2 amide bonds. The third-order valence-electron chi connectivity index (χ3n) is 3.72. The van der Waals surface area contributed by atoms with Gasteiger partial charge in [-0.15, -0.1) is 0 Å². The number of carbonyl (C=O) groups excluding carboxylic acids is 2. The number of carbonyl (C=O) groups is 2. The summed E-state index contributed by atoms with van der Waals surface area (Å²) in [6.45, 7) is 2.59. The van der Waals surface area contributed by atoms with Gasteiger partial charge in [0.1, 0.15) is 0 Å². The Morgan fingerprint density at radius 3 is 2.67 bits per heavy atom. The van der Waals surface area contributed by atoms with Crippen molar-refractivity contribution in [3.05, 3.63) is 35.9 Å². The van der Waals surface area contributed by atoms with Crippen molar-refractivity contribution in [3.8, 4) is 0 Å². The molecule has 1 aromatic rings. The molecule has 2 rings (SSSR count). The van der Waals surface area contributed by atoms with Gasteiger partial charge in [0.15, 0.2) is 0 Å². The van der Waals surface area contributed by atoms with E-state index in [-0.39, 0.29) is 18.4 Å². The summed E-state index contributed by atoms with van der Waals surface area (Å²) in [5.74, 6) is 0.397. The van der Waals surface area contributed by atoms with Gasteiger partial charge in [-0.25, -0.2) is 0 Å². The van der Waals surface area contributed by atoms with Crippen LogP contribution in [0.3, 0.4) is 0 Å². The van der Waals surface area contributed by atoms with Gasteiger partial charge < -0.3 is 16.0 Å². The first-order valence-electron chi connectivity index (χ1n) is 7.52. The average Bonchev–Trinajstić information content (AvgIpc) is 3.03. The van der Waals surface area contributed by atoms with E-state index in [1.165, 1.54) is 0 Å². The first kappa shape index (κ1) is 15.5. The van der Waals surface area contributed by atoms with Crippen LogP contribution in [0.2, 0.25) is 0 Å². The van der Waals surface area contributed by atoms with Gasteiger partial charge in [0.2, 0.25) is 11.8 Å². The highest BCUT2D eigenvalue weighted by molar-refractivity contribution is 5.84. The quantitative estimate of drug-likeness (QED) is 0.695. The number of hydrogen-bond acceptors (Lipinski definition) is 3. The summed E-state index contributed by atoms with van der Waals surface area (Å²) >= 11 is 0. The van der Waals surface area contributed by atoms with Crippen LogP contribution in [0.25, 0.3) is 0 Å². The number of nitrogens with one attached hydrogen (secondary N) is 3. The summed E-state index contributed by atoms with van der Waals surface area (Å²) in [7, 11) is 0. The zero-order valence-corrected chi connectivity index (χ0v) is 12.2. The van der Waals surface area contributed by atoms with Gasteiger partial charge in [-0.2, -0.15) is 0 Å². The molecule has 1 aromatic carbocycles. The number of rotatable bonds is 7. The molecule has 3 N–H and O–H groups in total. The molecule has 1 fully saturated rings. The molecule has 1 saturated heterocycles. The van der Waals surface area contributed by atoms with E-state index in [9.17, 15) is 9.59 Å². The third-order valence-corrected chi connectivity index (χ3v) is 3.72. The Kier molecular flexibility index (Phi) is 6.22. The normalized spacial score (nSPS) is 17.4. The van der Waals surface area contributed by atoms with Crippen molar-refractivity contribution in [2.45, 2.75) is 25.8 Å². The van der Waals surface area contributed by atoms with Crippen LogP contribution in [-0.2, 0) is 16.1 Å². The lowest BCUT2D eigenvalue weighted by Gasteiger charge is -2.09. The van der Waals surface area contributed by atoms with Crippen LogP contribution >= 0.6 is 0 Å². The molecule has 0 saturated carbocycles. The van der Waals surface area contributed by atoms with Crippen LogP contribution in [0.5, 0.6) is 0 Å². The molecule has 1 atom stereocenters. The highest BCUT2D eigenvalue weighted by Gasteiger charge is 2.15. The lowest BCUT2D eigenvalue weighted by Crippen LogP contribution is -2.36. The molecule has 0 aromatic heterocycles. The third kappa shape index (κ3) is 5.95. The maximum Gasteiger partial charge on any atom is 0.239 e. The molecule has 0 radical (unpaired) electrons. The molecule has 0 aliphatic carbocycles. The Hall–Kier alpha value is -1.88. The minimum Gasteiger partial charge on any atom is -0.350 e. The maximum atomic E-state index is 11.7. The highest BCUT2D eigenvalue weighted by atomic mass is 16.2. The first-order chi connectivity index (χ1) is 10.2. The summed E-state index contributed by atoms with van der Waals surface area (Å²) in [5, 5.41) is 8.74. The minimum atomic E-state index is -0.158. The molecule has 5 nitrogen and oxygen atoms in total. The van der Waals surface area contributed by atoms with Crippen molar-refractivity contribution in [1.82, 2.24) is 16.0 Å². The second-order valence-corrected chi connectivity index (χ2v) is 5.44. The van der Waals surface area contributed by atoms with E-state index >= 15 is 0 Å². The number of hydrogen-bond donors (Lipinski definition) is 3. The Labute approximate surface area is 125 Å². The molecular formula is C16H23N3O2. The van der Waals surface area contributed by atoms with Crippen molar-refractivity contribution in [2.24, 2.45) is 5.92 Å². The second-order valence-electron chi connectivity index (χ2n) is 5.44. The lowest BCUT2D eigenvalue weighted by atomic mass is 10.0. The molecule has 21 heavy (non-hydrogen) atoms. The van der Waals surface area contributed by atoms with Gasteiger partial charge in [-0.05, 0) is 37.4 Å². The van der Waals surface area contributed by atoms with Crippen molar-refractivity contribution in [3.63, 3.8) is 0 Å². The van der Waals surface area contributed by atoms with E-state index in [1.54, 1.807) is 0 Å². The van der Waals surface area contributed by atoms with Gasteiger partial charge in [0.25, 0.3) is 0 Å². The first-order valence-corrected chi connectivity index (χ1v) is 7.52. The Bertz CT molecular complexity index is 456. The number of amides is 2. The zero-order valence-electron chi connectivity index (χ0n) is 12.2. The summed E-state index contributed by atoms with van der Waals surface area (Å²) in [5.41, 5.74) is 1.05. The fraction of sp³-hybridized carbons (Fsp3) is 0.500. The van der Waals surface area contributed by atoms with E-state index in [2.05, 4.69) is 16.0 Å². The monoisotopic (exact) mass is 289 g/mol. The molecule has 0 spiro atoms. The van der Waals surface area contributed by atoms with Crippen molar-refractivity contribution >= 4 is 11.8 Å². The average molecular weight is 289 g/mol. The Morgan fingerprint density at radius 2 is 1.95 bits per heavy atom. The SMILES string of the molecule is O=C(CCC1CCNC1)NCC(=O)NCc1ccccc1. The molecule has 1 unspecified atom stereocenters. The van der Waals surface area contributed by atoms with Crippen molar-refractivity contribution in [1.29, 1.82) is 0 Å². The van der Waals surface area contributed by atoms with Crippen molar-refractivity contribution in [2.75, 3.05) is 19.6 Å². The van der Waals surface area contributed by atoms with Crippen LogP contribution in [0.15, 0.2) is 30.3 Å². The summed E-state index contributed by atoms with van der Waals surface area (Å²) in [4.78, 5) is 23.3.